The van der Waals surface area contributed by atoms with Crippen LogP contribution in [0, 0.1) is 5.82 Å². The van der Waals surface area contributed by atoms with E-state index in [0.29, 0.717) is 6.67 Å². The van der Waals surface area contributed by atoms with E-state index >= 15 is 0 Å². The predicted octanol–water partition coefficient (Wildman–Crippen LogP) is 1.22. The lowest BCUT2D eigenvalue weighted by Gasteiger charge is -2.12. The average Bonchev–Trinajstić information content (AvgIpc) is 2.14. The molecule has 0 aliphatic carbocycles. The highest BCUT2D eigenvalue weighted by Crippen LogP contribution is 2.04. The summed E-state index contributed by atoms with van der Waals surface area (Å²) < 4.78 is 12.7. The van der Waals surface area contributed by atoms with Gasteiger partial charge in [0.25, 0.3) is 0 Å². The van der Waals surface area contributed by atoms with Crippen LogP contribution < -0.4 is 5.73 Å². The molecule has 0 aliphatic heterocycles. The maximum atomic E-state index is 12.7. The number of benzene rings is 1. The quantitative estimate of drug-likeness (QED) is 0.709. The fourth-order valence-electron chi connectivity index (χ4n) is 1.10. The number of nitrogens with two attached hydrogens (primary N) is 1. The molecule has 3 heteroatoms. The minimum absolute atomic E-state index is 0.173. The fourth-order valence-corrected chi connectivity index (χ4v) is 1.10. The molecule has 0 unspecified atom stereocenters. The van der Waals surface area contributed by atoms with Crippen LogP contribution in [0.15, 0.2) is 24.3 Å². The molecule has 1 rings (SSSR count). The second kappa shape index (κ2) is 4.94. The molecule has 0 atom stereocenters. The largest absolute Gasteiger partial charge is 0.318 e. The number of nitrogens with zero attached hydrogens (tertiary/aromatic N) is 1. The summed E-state index contributed by atoms with van der Waals surface area (Å²) in [4.78, 5) is 1.99. The number of hydrogen-bond acceptors (Lipinski definition) is 2. The molecule has 0 saturated carbocycles. The van der Waals surface area contributed by atoms with Crippen molar-refractivity contribution in [1.29, 1.82) is 0 Å². The van der Waals surface area contributed by atoms with Crippen molar-refractivity contribution >= 4 is 0 Å². The van der Waals surface area contributed by atoms with E-state index in [1.807, 2.05) is 18.0 Å². The Bertz CT molecular complexity index is 263. The second-order valence-corrected chi connectivity index (χ2v) is 3.14. The maximum absolute atomic E-state index is 12.7. The van der Waals surface area contributed by atoms with Gasteiger partial charge in [-0.05, 0) is 31.2 Å². The van der Waals surface area contributed by atoms with Gasteiger partial charge in [0.15, 0.2) is 0 Å². The van der Waals surface area contributed by atoms with Gasteiger partial charge in [-0.3, -0.25) is 4.90 Å². The molecule has 2 N–H and O–H groups in total. The topological polar surface area (TPSA) is 29.3 Å². The van der Waals surface area contributed by atoms with E-state index in [2.05, 4.69) is 0 Å². The second-order valence-electron chi connectivity index (χ2n) is 3.14. The Balaban J connectivity index is 2.45. The van der Waals surface area contributed by atoms with Crippen LogP contribution in [-0.4, -0.2) is 25.2 Å². The standard InChI is InChI=1S/C10H15FN2/c1-13(8-12)6-5-9-3-2-4-10(11)7-9/h2-4,7H,5-6,8,12H2,1H3. The monoisotopic (exact) mass is 182 g/mol. The predicted molar refractivity (Wildman–Crippen MR) is 51.8 cm³/mol. The van der Waals surface area contributed by atoms with Crippen LogP contribution in [0.25, 0.3) is 0 Å². The molecule has 0 heterocycles. The molecule has 72 valence electrons. The first-order valence-corrected chi connectivity index (χ1v) is 4.35. The average molecular weight is 182 g/mol. The van der Waals surface area contributed by atoms with E-state index in [9.17, 15) is 4.39 Å². The summed E-state index contributed by atoms with van der Waals surface area (Å²) in [5.74, 6) is -0.173. The lowest BCUT2D eigenvalue weighted by Crippen LogP contribution is -2.27. The highest BCUT2D eigenvalue weighted by Gasteiger charge is 1.97. The molecule has 0 saturated heterocycles. The molecule has 0 fully saturated rings. The van der Waals surface area contributed by atoms with Crippen LogP contribution in [-0.2, 0) is 6.42 Å². The van der Waals surface area contributed by atoms with Gasteiger partial charge in [0.1, 0.15) is 5.82 Å². The first-order chi connectivity index (χ1) is 6.22. The normalized spacial score (nSPS) is 10.8. The van der Waals surface area contributed by atoms with Gasteiger partial charge in [-0.15, -0.1) is 0 Å². The smallest absolute Gasteiger partial charge is 0.123 e. The van der Waals surface area contributed by atoms with Gasteiger partial charge in [0.2, 0.25) is 0 Å². The Morgan fingerprint density at radius 1 is 1.46 bits per heavy atom. The third-order valence-corrected chi connectivity index (χ3v) is 1.98. The minimum Gasteiger partial charge on any atom is -0.318 e. The summed E-state index contributed by atoms with van der Waals surface area (Å²) >= 11 is 0. The van der Waals surface area contributed by atoms with Crippen molar-refractivity contribution in [1.82, 2.24) is 4.90 Å². The molecule has 0 bridgehead atoms. The summed E-state index contributed by atoms with van der Waals surface area (Å²) in [7, 11) is 1.94. The van der Waals surface area contributed by atoms with E-state index in [1.165, 1.54) is 6.07 Å². The Hall–Kier alpha value is -0.930. The fraction of sp³-hybridized carbons (Fsp3) is 0.400. The lowest BCUT2D eigenvalue weighted by molar-refractivity contribution is 0.349. The zero-order chi connectivity index (χ0) is 9.68. The molecule has 0 amide bonds. The molecular formula is C10H15FN2. The van der Waals surface area contributed by atoms with Crippen molar-refractivity contribution in [3.63, 3.8) is 0 Å². The van der Waals surface area contributed by atoms with Crippen molar-refractivity contribution in [2.45, 2.75) is 6.42 Å². The summed E-state index contributed by atoms with van der Waals surface area (Å²) in [6.07, 6.45) is 0.839. The molecule has 0 aromatic heterocycles. The molecule has 1 aromatic carbocycles. The summed E-state index contributed by atoms with van der Waals surface area (Å²) in [5, 5.41) is 0. The zero-order valence-electron chi connectivity index (χ0n) is 7.83. The van der Waals surface area contributed by atoms with Crippen LogP contribution in [0.4, 0.5) is 4.39 Å². The highest BCUT2D eigenvalue weighted by molar-refractivity contribution is 5.16. The van der Waals surface area contributed by atoms with Gasteiger partial charge in [0.05, 0.1) is 0 Å². The molecule has 0 aliphatic rings. The van der Waals surface area contributed by atoms with Gasteiger partial charge < -0.3 is 5.73 Å². The number of likely N-dealkylation sites (N-methyl/N-ethyl adjacent to an activating group) is 1. The lowest BCUT2D eigenvalue weighted by atomic mass is 10.1. The van der Waals surface area contributed by atoms with Crippen molar-refractivity contribution in [2.24, 2.45) is 5.73 Å². The van der Waals surface area contributed by atoms with Gasteiger partial charge in [-0.25, -0.2) is 4.39 Å². The van der Waals surface area contributed by atoms with Crippen LogP contribution in [0.5, 0.6) is 0 Å². The van der Waals surface area contributed by atoms with Crippen molar-refractivity contribution in [2.75, 3.05) is 20.3 Å². The number of hydrogen-bond donors (Lipinski definition) is 1. The van der Waals surface area contributed by atoms with Gasteiger partial charge in [-0.1, -0.05) is 12.1 Å². The Morgan fingerprint density at radius 3 is 2.85 bits per heavy atom. The maximum Gasteiger partial charge on any atom is 0.123 e. The van der Waals surface area contributed by atoms with Crippen molar-refractivity contribution in [3.8, 4) is 0 Å². The van der Waals surface area contributed by atoms with E-state index < -0.39 is 0 Å². The Kier molecular flexibility index (Phi) is 3.86. The molecular weight excluding hydrogens is 167 g/mol. The SMILES string of the molecule is CN(CN)CCc1cccc(F)c1. The van der Waals surface area contributed by atoms with Gasteiger partial charge >= 0.3 is 0 Å². The van der Waals surface area contributed by atoms with Crippen LogP contribution in [0.2, 0.25) is 0 Å². The highest BCUT2D eigenvalue weighted by atomic mass is 19.1. The summed E-state index contributed by atoms with van der Waals surface area (Å²) in [5.41, 5.74) is 6.43. The van der Waals surface area contributed by atoms with Crippen LogP contribution in [0.3, 0.4) is 0 Å². The van der Waals surface area contributed by atoms with Gasteiger partial charge in [-0.2, -0.15) is 0 Å². The first-order valence-electron chi connectivity index (χ1n) is 4.35. The zero-order valence-corrected chi connectivity index (χ0v) is 7.83. The van der Waals surface area contributed by atoms with Crippen molar-refractivity contribution in [3.05, 3.63) is 35.6 Å². The van der Waals surface area contributed by atoms with Crippen LogP contribution in [0.1, 0.15) is 5.56 Å². The molecule has 2 nitrogen and oxygen atoms in total. The number of rotatable bonds is 4. The molecule has 0 radical (unpaired) electrons. The molecule has 1 aromatic rings. The molecule has 0 spiro atoms. The molecule has 13 heavy (non-hydrogen) atoms. The third-order valence-electron chi connectivity index (χ3n) is 1.98. The summed E-state index contributed by atoms with van der Waals surface area (Å²) in [6, 6.07) is 6.67. The van der Waals surface area contributed by atoms with Gasteiger partial charge in [0, 0.05) is 13.2 Å². The van der Waals surface area contributed by atoms with E-state index in [0.717, 1.165) is 18.5 Å². The minimum atomic E-state index is -0.173. The van der Waals surface area contributed by atoms with E-state index in [1.54, 1.807) is 12.1 Å². The number of halogens is 1. The van der Waals surface area contributed by atoms with Crippen LogP contribution >= 0.6 is 0 Å². The third kappa shape index (κ3) is 3.53. The Morgan fingerprint density at radius 2 is 2.23 bits per heavy atom. The first kappa shape index (κ1) is 10.2. The van der Waals surface area contributed by atoms with Crippen molar-refractivity contribution < 1.29 is 4.39 Å². The summed E-state index contributed by atoms with van der Waals surface area (Å²) in [6.45, 7) is 1.40. The van der Waals surface area contributed by atoms with E-state index in [4.69, 9.17) is 5.73 Å². The van der Waals surface area contributed by atoms with E-state index in [-0.39, 0.29) is 5.82 Å². The Labute approximate surface area is 78.2 Å².